The van der Waals surface area contributed by atoms with Gasteiger partial charge in [0.05, 0.1) is 0 Å². The van der Waals surface area contributed by atoms with E-state index >= 15 is 0 Å². The second-order valence-corrected chi connectivity index (χ2v) is 5.85. The minimum Gasteiger partial charge on any atom is -0.314 e. The van der Waals surface area contributed by atoms with Crippen LogP contribution in [0.3, 0.4) is 0 Å². The van der Waals surface area contributed by atoms with Gasteiger partial charge in [-0.2, -0.15) is 0 Å². The quantitative estimate of drug-likeness (QED) is 0.677. The third kappa shape index (κ3) is 6.24. The molecule has 0 saturated carbocycles. The van der Waals surface area contributed by atoms with Crippen molar-refractivity contribution in [3.8, 4) is 0 Å². The van der Waals surface area contributed by atoms with Crippen molar-refractivity contribution in [1.29, 1.82) is 0 Å². The average molecular weight is 261 g/mol. The van der Waals surface area contributed by atoms with E-state index in [-0.39, 0.29) is 0 Å². The first kappa shape index (κ1) is 16.2. The van der Waals surface area contributed by atoms with E-state index in [1.807, 2.05) is 0 Å². The second kappa shape index (κ2) is 9.14. The summed E-state index contributed by atoms with van der Waals surface area (Å²) in [5, 5.41) is 3.74. The van der Waals surface area contributed by atoms with Crippen LogP contribution in [0.1, 0.15) is 57.6 Å². The van der Waals surface area contributed by atoms with Crippen LogP contribution in [0.4, 0.5) is 0 Å². The molecule has 1 rings (SSSR count). The van der Waals surface area contributed by atoms with E-state index in [2.05, 4.69) is 57.3 Å². The molecule has 1 aromatic carbocycles. The van der Waals surface area contributed by atoms with Crippen LogP contribution in [0.25, 0.3) is 0 Å². The Hall–Kier alpha value is -0.820. The summed E-state index contributed by atoms with van der Waals surface area (Å²) in [6.07, 6.45) is 6.28. The lowest BCUT2D eigenvalue weighted by atomic mass is 9.91. The van der Waals surface area contributed by atoms with Gasteiger partial charge in [-0.15, -0.1) is 0 Å². The normalized spacial score (nSPS) is 14.3. The van der Waals surface area contributed by atoms with Crippen LogP contribution in [0.15, 0.2) is 24.3 Å². The Morgan fingerprint density at radius 2 is 1.89 bits per heavy atom. The van der Waals surface area contributed by atoms with Crippen molar-refractivity contribution in [3.05, 3.63) is 35.4 Å². The van der Waals surface area contributed by atoms with Gasteiger partial charge in [-0.3, -0.25) is 0 Å². The number of benzene rings is 1. The topological polar surface area (TPSA) is 12.0 Å². The van der Waals surface area contributed by atoms with Crippen LogP contribution in [-0.2, 0) is 6.42 Å². The maximum absolute atomic E-state index is 3.74. The number of rotatable bonds is 9. The maximum Gasteiger partial charge on any atom is 0.00958 e. The minimum atomic E-state index is 0.667. The molecule has 108 valence electrons. The Bertz CT molecular complexity index is 345. The molecule has 0 fully saturated rings. The molecular weight excluding hydrogens is 230 g/mol. The smallest absolute Gasteiger partial charge is 0.00958 e. The van der Waals surface area contributed by atoms with Crippen LogP contribution in [0, 0.1) is 12.8 Å². The number of aryl methyl sites for hydroxylation is 2. The molecule has 19 heavy (non-hydrogen) atoms. The molecular formula is C18H31N. The number of nitrogens with one attached hydrogen (secondary N) is 1. The van der Waals surface area contributed by atoms with Crippen LogP contribution in [-0.4, -0.2) is 12.6 Å². The largest absolute Gasteiger partial charge is 0.314 e. The summed E-state index contributed by atoms with van der Waals surface area (Å²) in [5.74, 6) is 0.779. The zero-order chi connectivity index (χ0) is 14.1. The van der Waals surface area contributed by atoms with Gasteiger partial charge in [0.15, 0.2) is 0 Å². The number of hydrogen-bond acceptors (Lipinski definition) is 1. The Morgan fingerprint density at radius 1 is 1.11 bits per heavy atom. The van der Waals surface area contributed by atoms with Crippen molar-refractivity contribution >= 4 is 0 Å². The average Bonchev–Trinajstić information content (AvgIpc) is 2.39. The van der Waals surface area contributed by atoms with E-state index < -0.39 is 0 Å². The van der Waals surface area contributed by atoms with Gasteiger partial charge in [-0.05, 0) is 50.6 Å². The second-order valence-electron chi connectivity index (χ2n) is 5.85. The predicted octanol–water partition coefficient (Wildman–Crippen LogP) is 4.73. The molecule has 0 radical (unpaired) electrons. The highest BCUT2D eigenvalue weighted by molar-refractivity contribution is 5.22. The summed E-state index contributed by atoms with van der Waals surface area (Å²) in [6, 6.07) is 9.60. The fourth-order valence-corrected chi connectivity index (χ4v) is 2.76. The molecule has 0 aliphatic heterocycles. The Labute approximate surface area is 119 Å². The van der Waals surface area contributed by atoms with Crippen LogP contribution < -0.4 is 5.32 Å². The highest BCUT2D eigenvalue weighted by Gasteiger charge is 2.15. The SMILES string of the molecule is CCCNC(CCc1cccc(C)c1)C(C)CCC. The maximum atomic E-state index is 3.74. The van der Waals surface area contributed by atoms with Gasteiger partial charge in [-0.1, -0.05) is 57.0 Å². The highest BCUT2D eigenvalue weighted by atomic mass is 14.9. The van der Waals surface area contributed by atoms with Crippen molar-refractivity contribution in [2.24, 2.45) is 5.92 Å². The van der Waals surface area contributed by atoms with Gasteiger partial charge in [0.2, 0.25) is 0 Å². The Kier molecular flexibility index (Phi) is 7.81. The summed E-state index contributed by atoms with van der Waals surface area (Å²) in [6.45, 7) is 10.2. The summed E-state index contributed by atoms with van der Waals surface area (Å²) in [4.78, 5) is 0. The lowest BCUT2D eigenvalue weighted by molar-refractivity contribution is 0.337. The zero-order valence-corrected chi connectivity index (χ0v) is 13.2. The van der Waals surface area contributed by atoms with Crippen LogP contribution >= 0.6 is 0 Å². The molecule has 1 nitrogen and oxygen atoms in total. The van der Waals surface area contributed by atoms with Crippen molar-refractivity contribution < 1.29 is 0 Å². The van der Waals surface area contributed by atoms with E-state index in [1.165, 1.54) is 43.2 Å². The van der Waals surface area contributed by atoms with E-state index in [0.717, 1.165) is 12.5 Å². The summed E-state index contributed by atoms with van der Waals surface area (Å²) < 4.78 is 0. The monoisotopic (exact) mass is 261 g/mol. The molecule has 0 aromatic heterocycles. The summed E-state index contributed by atoms with van der Waals surface area (Å²) in [5.41, 5.74) is 2.85. The minimum absolute atomic E-state index is 0.667. The van der Waals surface area contributed by atoms with Crippen LogP contribution in [0.2, 0.25) is 0 Å². The molecule has 0 aliphatic rings. The fourth-order valence-electron chi connectivity index (χ4n) is 2.76. The van der Waals surface area contributed by atoms with E-state index in [4.69, 9.17) is 0 Å². The van der Waals surface area contributed by atoms with E-state index in [9.17, 15) is 0 Å². The van der Waals surface area contributed by atoms with Gasteiger partial charge in [0, 0.05) is 6.04 Å². The first-order valence-electron chi connectivity index (χ1n) is 7.96. The molecule has 2 unspecified atom stereocenters. The third-order valence-corrected chi connectivity index (χ3v) is 3.91. The lowest BCUT2D eigenvalue weighted by Crippen LogP contribution is -2.36. The number of hydrogen-bond donors (Lipinski definition) is 1. The van der Waals surface area contributed by atoms with E-state index in [1.54, 1.807) is 0 Å². The summed E-state index contributed by atoms with van der Waals surface area (Å²) in [7, 11) is 0. The van der Waals surface area contributed by atoms with Crippen LogP contribution in [0.5, 0.6) is 0 Å². The highest BCUT2D eigenvalue weighted by Crippen LogP contribution is 2.17. The fraction of sp³-hybridized carbons (Fsp3) is 0.667. The molecule has 0 saturated heterocycles. The molecule has 1 heteroatoms. The Balaban J connectivity index is 2.51. The molecule has 0 amide bonds. The van der Waals surface area contributed by atoms with E-state index in [0.29, 0.717) is 6.04 Å². The van der Waals surface area contributed by atoms with Crippen molar-refractivity contribution in [2.75, 3.05) is 6.54 Å². The molecule has 1 aromatic rings. The Morgan fingerprint density at radius 3 is 2.53 bits per heavy atom. The van der Waals surface area contributed by atoms with Gasteiger partial charge in [-0.25, -0.2) is 0 Å². The van der Waals surface area contributed by atoms with Gasteiger partial charge in [0.25, 0.3) is 0 Å². The van der Waals surface area contributed by atoms with Gasteiger partial charge < -0.3 is 5.32 Å². The third-order valence-electron chi connectivity index (χ3n) is 3.91. The molecule has 0 aliphatic carbocycles. The molecule has 0 spiro atoms. The zero-order valence-electron chi connectivity index (χ0n) is 13.2. The van der Waals surface area contributed by atoms with Gasteiger partial charge >= 0.3 is 0 Å². The molecule has 1 N–H and O–H groups in total. The first-order chi connectivity index (χ1) is 9.17. The predicted molar refractivity (Wildman–Crippen MR) is 85.7 cm³/mol. The molecule has 2 atom stereocenters. The molecule has 0 heterocycles. The van der Waals surface area contributed by atoms with Crippen molar-refractivity contribution in [1.82, 2.24) is 5.32 Å². The lowest BCUT2D eigenvalue weighted by Gasteiger charge is -2.25. The van der Waals surface area contributed by atoms with Gasteiger partial charge in [0.1, 0.15) is 0 Å². The molecule has 0 bridgehead atoms. The van der Waals surface area contributed by atoms with Crippen molar-refractivity contribution in [2.45, 2.75) is 65.8 Å². The standard InChI is InChI=1S/C18H31N/c1-5-8-16(4)18(19-13-6-2)12-11-17-10-7-9-15(3)14-17/h7,9-10,14,16,18-19H,5-6,8,11-13H2,1-4H3. The van der Waals surface area contributed by atoms with Crippen molar-refractivity contribution in [3.63, 3.8) is 0 Å². The first-order valence-corrected chi connectivity index (χ1v) is 7.96. The summed E-state index contributed by atoms with van der Waals surface area (Å²) >= 11 is 0.